The van der Waals surface area contributed by atoms with Crippen molar-refractivity contribution in [2.24, 2.45) is 5.92 Å². The van der Waals surface area contributed by atoms with E-state index in [9.17, 15) is 14.4 Å². The van der Waals surface area contributed by atoms with Gasteiger partial charge in [-0.15, -0.1) is 0 Å². The highest BCUT2D eigenvalue weighted by molar-refractivity contribution is 6.02. The molecular weight excluding hydrogens is 448 g/mol. The van der Waals surface area contributed by atoms with Gasteiger partial charge in [0.1, 0.15) is 36.6 Å². The zero-order chi connectivity index (χ0) is 25.4. The van der Waals surface area contributed by atoms with E-state index in [1.54, 1.807) is 45.9 Å². The van der Waals surface area contributed by atoms with Crippen molar-refractivity contribution >= 4 is 23.5 Å². The number of hydrogen-bond donors (Lipinski definition) is 1. The summed E-state index contributed by atoms with van der Waals surface area (Å²) in [7, 11) is 0. The number of amides is 1. The maximum Gasteiger partial charge on any atom is 0.326 e. The van der Waals surface area contributed by atoms with Crippen LogP contribution in [0.25, 0.3) is 0 Å². The molecule has 2 aliphatic rings. The van der Waals surface area contributed by atoms with E-state index in [4.69, 9.17) is 14.2 Å². The van der Waals surface area contributed by atoms with Gasteiger partial charge in [-0.2, -0.15) is 0 Å². The normalized spacial score (nSPS) is 19.8. The molecular formula is C27H40N2O6. The summed E-state index contributed by atoms with van der Waals surface area (Å²) in [4.78, 5) is 40.5. The highest BCUT2D eigenvalue weighted by Crippen LogP contribution is 2.32. The molecule has 0 unspecified atom stereocenters. The molecule has 1 amide bonds. The largest absolute Gasteiger partial charge is 0.489 e. The molecule has 1 saturated carbocycles. The van der Waals surface area contributed by atoms with Gasteiger partial charge in [-0.25, -0.2) is 0 Å². The van der Waals surface area contributed by atoms with E-state index in [0.29, 0.717) is 23.8 Å². The molecule has 1 fully saturated rings. The SMILES string of the molecule is CCOC(=O)[C@H](CCC1CCCCC1)N[C@H]1COc2ccccc2N(CC(=O)OC(C)(C)C)C1=O. The zero-order valence-corrected chi connectivity index (χ0v) is 21.5. The predicted molar refractivity (Wildman–Crippen MR) is 133 cm³/mol. The Bertz CT molecular complexity index is 875. The van der Waals surface area contributed by atoms with Crippen LogP contribution in [0.3, 0.4) is 0 Å². The molecule has 8 heteroatoms. The van der Waals surface area contributed by atoms with Gasteiger partial charge in [-0.1, -0.05) is 44.2 Å². The zero-order valence-electron chi connectivity index (χ0n) is 21.5. The van der Waals surface area contributed by atoms with E-state index >= 15 is 0 Å². The Morgan fingerprint density at radius 1 is 1.17 bits per heavy atom. The molecule has 1 heterocycles. The first-order valence-electron chi connectivity index (χ1n) is 12.9. The van der Waals surface area contributed by atoms with Crippen LogP contribution in [0.4, 0.5) is 5.69 Å². The van der Waals surface area contributed by atoms with E-state index in [2.05, 4.69) is 5.32 Å². The number of carbonyl (C=O) groups is 3. The summed E-state index contributed by atoms with van der Waals surface area (Å²) >= 11 is 0. The smallest absolute Gasteiger partial charge is 0.326 e. The minimum atomic E-state index is -0.814. The molecule has 8 nitrogen and oxygen atoms in total. The van der Waals surface area contributed by atoms with Gasteiger partial charge in [0, 0.05) is 0 Å². The summed E-state index contributed by atoms with van der Waals surface area (Å²) in [6.45, 7) is 7.19. The number of nitrogens with one attached hydrogen (secondary N) is 1. The van der Waals surface area contributed by atoms with Crippen LogP contribution >= 0.6 is 0 Å². The van der Waals surface area contributed by atoms with Crippen molar-refractivity contribution in [1.29, 1.82) is 0 Å². The molecule has 2 atom stereocenters. The third-order valence-electron chi connectivity index (χ3n) is 6.39. The summed E-state index contributed by atoms with van der Waals surface area (Å²) in [5, 5.41) is 3.21. The number of para-hydroxylation sites is 2. The minimum absolute atomic E-state index is 0.0417. The van der Waals surface area contributed by atoms with E-state index < -0.39 is 23.7 Å². The number of carbonyl (C=O) groups excluding carboxylic acids is 3. The number of benzene rings is 1. The molecule has 1 aromatic carbocycles. The molecule has 35 heavy (non-hydrogen) atoms. The Balaban J connectivity index is 1.77. The lowest BCUT2D eigenvalue weighted by atomic mass is 9.85. The van der Waals surface area contributed by atoms with Crippen molar-refractivity contribution < 1.29 is 28.6 Å². The molecule has 1 aliphatic heterocycles. The van der Waals surface area contributed by atoms with Crippen molar-refractivity contribution in [2.45, 2.75) is 90.3 Å². The van der Waals surface area contributed by atoms with E-state index in [1.807, 2.05) is 6.07 Å². The first-order chi connectivity index (χ1) is 16.7. The number of rotatable bonds is 9. The lowest BCUT2D eigenvalue weighted by molar-refractivity contribution is -0.154. The highest BCUT2D eigenvalue weighted by atomic mass is 16.6. The number of hydrogen-bond acceptors (Lipinski definition) is 7. The predicted octanol–water partition coefficient (Wildman–Crippen LogP) is 4.00. The summed E-state index contributed by atoms with van der Waals surface area (Å²) in [6, 6.07) is 5.67. The van der Waals surface area contributed by atoms with Crippen LogP contribution < -0.4 is 15.0 Å². The number of nitrogens with zero attached hydrogens (tertiary/aromatic N) is 1. The Hall–Kier alpha value is -2.61. The second-order valence-electron chi connectivity index (χ2n) is 10.4. The fraction of sp³-hybridized carbons (Fsp3) is 0.667. The summed E-state index contributed by atoms with van der Waals surface area (Å²) < 4.78 is 16.7. The maximum atomic E-state index is 13.7. The van der Waals surface area contributed by atoms with Gasteiger partial charge in [0.15, 0.2) is 0 Å². The molecule has 0 aromatic heterocycles. The van der Waals surface area contributed by atoms with E-state index in [1.165, 1.54) is 37.0 Å². The second-order valence-corrected chi connectivity index (χ2v) is 10.4. The van der Waals surface area contributed by atoms with Gasteiger partial charge in [0.2, 0.25) is 5.91 Å². The van der Waals surface area contributed by atoms with Crippen molar-refractivity contribution in [3.63, 3.8) is 0 Å². The Labute approximate surface area is 208 Å². The van der Waals surface area contributed by atoms with Crippen molar-refractivity contribution in [3.8, 4) is 5.75 Å². The van der Waals surface area contributed by atoms with Gasteiger partial charge in [0.25, 0.3) is 0 Å². The Kier molecular flexibility index (Phi) is 9.55. The van der Waals surface area contributed by atoms with Crippen molar-refractivity contribution in [3.05, 3.63) is 24.3 Å². The first-order valence-corrected chi connectivity index (χ1v) is 12.9. The van der Waals surface area contributed by atoms with E-state index in [0.717, 1.165) is 6.42 Å². The Morgan fingerprint density at radius 2 is 1.89 bits per heavy atom. The van der Waals surface area contributed by atoms with Crippen LogP contribution in [0.2, 0.25) is 0 Å². The van der Waals surface area contributed by atoms with Crippen LogP contribution in [0.1, 0.15) is 72.6 Å². The summed E-state index contributed by atoms with van der Waals surface area (Å²) in [5.74, 6) is -0.120. The Morgan fingerprint density at radius 3 is 2.57 bits per heavy atom. The second kappa shape index (κ2) is 12.4. The van der Waals surface area contributed by atoms with Gasteiger partial charge in [-0.05, 0) is 58.6 Å². The average molecular weight is 489 g/mol. The quantitative estimate of drug-likeness (QED) is 0.525. The fourth-order valence-electron chi connectivity index (χ4n) is 4.77. The van der Waals surface area contributed by atoms with Gasteiger partial charge >= 0.3 is 11.9 Å². The minimum Gasteiger partial charge on any atom is -0.489 e. The third-order valence-corrected chi connectivity index (χ3v) is 6.39. The molecule has 194 valence electrons. The maximum absolute atomic E-state index is 13.7. The van der Waals surface area contributed by atoms with Crippen LogP contribution in [0.15, 0.2) is 24.3 Å². The van der Waals surface area contributed by atoms with Crippen LogP contribution in [0.5, 0.6) is 5.75 Å². The number of esters is 2. The molecule has 1 aromatic rings. The molecule has 0 bridgehead atoms. The van der Waals surface area contributed by atoms with Crippen molar-refractivity contribution in [1.82, 2.24) is 5.32 Å². The lowest BCUT2D eigenvalue weighted by Gasteiger charge is -2.29. The number of ether oxygens (including phenoxy) is 3. The molecule has 3 rings (SSSR count). The molecule has 0 radical (unpaired) electrons. The lowest BCUT2D eigenvalue weighted by Crippen LogP contribution is -2.55. The first kappa shape index (κ1) is 27.0. The van der Waals surface area contributed by atoms with Gasteiger partial charge in [-0.3, -0.25) is 24.6 Å². The van der Waals surface area contributed by atoms with Crippen LogP contribution in [-0.4, -0.2) is 55.3 Å². The molecule has 0 spiro atoms. The summed E-state index contributed by atoms with van der Waals surface area (Å²) in [6.07, 6.45) is 7.59. The van der Waals surface area contributed by atoms with Crippen LogP contribution in [-0.2, 0) is 23.9 Å². The summed E-state index contributed by atoms with van der Waals surface area (Å²) in [5.41, 5.74) is -0.170. The third kappa shape index (κ3) is 7.95. The average Bonchev–Trinajstić information content (AvgIpc) is 2.93. The van der Waals surface area contributed by atoms with Crippen molar-refractivity contribution in [2.75, 3.05) is 24.7 Å². The number of anilines is 1. The molecule has 1 N–H and O–H groups in total. The molecule has 0 saturated heterocycles. The van der Waals surface area contributed by atoms with Gasteiger partial charge < -0.3 is 14.2 Å². The highest BCUT2D eigenvalue weighted by Gasteiger charge is 2.36. The van der Waals surface area contributed by atoms with E-state index in [-0.39, 0.29) is 31.6 Å². The van der Waals surface area contributed by atoms with Crippen LogP contribution in [0, 0.1) is 5.92 Å². The fourth-order valence-corrected chi connectivity index (χ4v) is 4.77. The number of fused-ring (bicyclic) bond motifs is 1. The monoisotopic (exact) mass is 488 g/mol. The molecule has 1 aliphatic carbocycles. The standard InChI is InChI=1S/C27H40N2O6/c1-5-33-26(32)20(16-15-19-11-7-6-8-12-19)28-21-18-34-23-14-10-9-13-22(23)29(25(21)31)17-24(30)35-27(2,3)4/h9-10,13-14,19-21,28H,5-8,11-12,15-18H2,1-4H3/t20-,21-/m0/s1. The van der Waals surface area contributed by atoms with Gasteiger partial charge in [0.05, 0.1) is 12.3 Å². The topological polar surface area (TPSA) is 94.2 Å².